The Bertz CT molecular complexity index is 811. The van der Waals surface area contributed by atoms with Crippen LogP contribution in [0.4, 0.5) is 10.3 Å². The summed E-state index contributed by atoms with van der Waals surface area (Å²) in [5.74, 6) is 0.507. The van der Waals surface area contributed by atoms with Crippen molar-refractivity contribution in [2.24, 2.45) is 0 Å². The molecule has 2 aromatic carbocycles. The molecule has 23 heavy (non-hydrogen) atoms. The van der Waals surface area contributed by atoms with E-state index in [0.29, 0.717) is 5.88 Å². The van der Waals surface area contributed by atoms with Crippen LogP contribution in [0.5, 0.6) is 0 Å². The second-order valence-corrected chi connectivity index (χ2v) is 6.00. The maximum absolute atomic E-state index is 13.3. The number of aromatic nitrogens is 1. The van der Waals surface area contributed by atoms with Crippen LogP contribution in [0.2, 0.25) is 0 Å². The van der Waals surface area contributed by atoms with Crippen LogP contribution in [0.3, 0.4) is 0 Å². The minimum Gasteiger partial charge on any atom is -0.367 e. The molecular weight excluding hydrogens is 291 g/mol. The van der Waals surface area contributed by atoms with Crippen LogP contribution in [0.25, 0.3) is 0 Å². The molecule has 1 aliphatic carbocycles. The number of halogens is 1. The number of nitrogens with zero attached hydrogens (tertiary/aromatic N) is 1. The number of fused-ring (bicyclic) bond motifs is 1. The molecule has 1 aliphatic rings. The predicted octanol–water partition coefficient (Wildman–Crippen LogP) is 4.26. The van der Waals surface area contributed by atoms with Crippen LogP contribution in [-0.2, 0) is 6.42 Å². The fraction of sp³-hybridized carbons (Fsp3) is 0.211. The number of anilines is 1. The lowest BCUT2D eigenvalue weighted by Crippen LogP contribution is -2.20. The van der Waals surface area contributed by atoms with Gasteiger partial charge in [-0.2, -0.15) is 0 Å². The largest absolute Gasteiger partial charge is 0.367 e. The highest BCUT2D eigenvalue weighted by molar-refractivity contribution is 5.48. The average Bonchev–Trinajstić information content (AvgIpc) is 2.97. The molecule has 0 aliphatic heterocycles. The summed E-state index contributed by atoms with van der Waals surface area (Å²) in [4.78, 5) is 0. The lowest BCUT2D eigenvalue weighted by atomic mass is 9.72. The van der Waals surface area contributed by atoms with Gasteiger partial charge in [0.2, 0.25) is 5.88 Å². The van der Waals surface area contributed by atoms with E-state index in [0.717, 1.165) is 29.7 Å². The standard InChI is InChI=1S/C19H17FN2O/c20-14-8-6-12(7-9-14)15-10-11-16-18(22-23-19(16)21)17(15)13-4-2-1-3-5-13/h1-9,15,17H,10-11,21H2. The Labute approximate surface area is 133 Å². The lowest BCUT2D eigenvalue weighted by Gasteiger charge is -2.31. The quantitative estimate of drug-likeness (QED) is 0.769. The Hall–Kier alpha value is -2.62. The summed E-state index contributed by atoms with van der Waals surface area (Å²) in [6.45, 7) is 0. The van der Waals surface area contributed by atoms with E-state index in [1.807, 2.05) is 30.3 Å². The van der Waals surface area contributed by atoms with E-state index in [1.165, 1.54) is 17.7 Å². The predicted molar refractivity (Wildman–Crippen MR) is 86.7 cm³/mol. The minimum absolute atomic E-state index is 0.0754. The molecule has 2 unspecified atom stereocenters. The summed E-state index contributed by atoms with van der Waals surface area (Å²) in [5.41, 5.74) is 10.1. The molecule has 2 atom stereocenters. The molecule has 4 heteroatoms. The van der Waals surface area contributed by atoms with Gasteiger partial charge in [0.25, 0.3) is 0 Å². The first-order chi connectivity index (χ1) is 11.2. The van der Waals surface area contributed by atoms with E-state index in [1.54, 1.807) is 0 Å². The molecule has 4 rings (SSSR count). The first-order valence-corrected chi connectivity index (χ1v) is 7.78. The van der Waals surface area contributed by atoms with Crippen molar-refractivity contribution in [3.63, 3.8) is 0 Å². The van der Waals surface area contributed by atoms with Crippen LogP contribution >= 0.6 is 0 Å². The van der Waals surface area contributed by atoms with Gasteiger partial charge in [0.05, 0.1) is 5.69 Å². The van der Waals surface area contributed by atoms with Crippen LogP contribution in [-0.4, -0.2) is 5.16 Å². The molecule has 0 bridgehead atoms. The molecule has 1 aromatic heterocycles. The summed E-state index contributed by atoms with van der Waals surface area (Å²) in [7, 11) is 0. The number of nitrogen functional groups attached to an aromatic ring is 1. The van der Waals surface area contributed by atoms with Crippen molar-refractivity contribution < 1.29 is 8.91 Å². The highest BCUT2D eigenvalue weighted by Gasteiger charge is 2.36. The molecule has 0 amide bonds. The summed E-state index contributed by atoms with van der Waals surface area (Å²) in [5, 5.41) is 4.23. The fourth-order valence-corrected chi connectivity index (χ4v) is 3.61. The molecule has 2 N–H and O–H groups in total. The fourth-order valence-electron chi connectivity index (χ4n) is 3.61. The minimum atomic E-state index is -0.216. The summed E-state index contributed by atoms with van der Waals surface area (Å²) < 4.78 is 18.5. The van der Waals surface area contributed by atoms with Crippen molar-refractivity contribution in [3.05, 3.63) is 82.8 Å². The number of nitrogens with two attached hydrogens (primary N) is 1. The third kappa shape index (κ3) is 2.40. The molecule has 3 nitrogen and oxygen atoms in total. The van der Waals surface area contributed by atoms with Crippen LogP contribution in [0.1, 0.15) is 40.6 Å². The van der Waals surface area contributed by atoms with Crippen molar-refractivity contribution in [1.29, 1.82) is 0 Å². The average molecular weight is 308 g/mol. The molecule has 0 fully saturated rings. The monoisotopic (exact) mass is 308 g/mol. The molecule has 1 heterocycles. The molecule has 3 aromatic rings. The van der Waals surface area contributed by atoms with E-state index in [2.05, 4.69) is 17.3 Å². The number of benzene rings is 2. The Kier molecular flexibility index (Phi) is 3.37. The number of rotatable bonds is 2. The van der Waals surface area contributed by atoms with Crippen molar-refractivity contribution in [1.82, 2.24) is 5.16 Å². The van der Waals surface area contributed by atoms with Gasteiger partial charge in [-0.1, -0.05) is 47.6 Å². The third-order valence-electron chi connectivity index (χ3n) is 4.71. The topological polar surface area (TPSA) is 52.0 Å². The lowest BCUT2D eigenvalue weighted by molar-refractivity contribution is 0.415. The summed E-state index contributed by atoms with van der Waals surface area (Å²) in [6, 6.07) is 17.0. The Morgan fingerprint density at radius 1 is 1.00 bits per heavy atom. The maximum Gasteiger partial charge on any atom is 0.225 e. The van der Waals surface area contributed by atoms with Gasteiger partial charge in [-0.15, -0.1) is 0 Å². The highest BCUT2D eigenvalue weighted by atomic mass is 19.1. The second-order valence-electron chi connectivity index (χ2n) is 6.00. The van der Waals surface area contributed by atoms with Crippen molar-refractivity contribution >= 4 is 5.88 Å². The summed E-state index contributed by atoms with van der Waals surface area (Å²) in [6.07, 6.45) is 1.76. The molecule has 116 valence electrons. The maximum atomic E-state index is 13.3. The van der Waals surface area contributed by atoms with Gasteiger partial charge < -0.3 is 10.3 Å². The number of hydrogen-bond donors (Lipinski definition) is 1. The molecule has 0 saturated carbocycles. The van der Waals surface area contributed by atoms with Gasteiger partial charge in [0, 0.05) is 11.5 Å². The van der Waals surface area contributed by atoms with Gasteiger partial charge in [0.15, 0.2) is 0 Å². The van der Waals surface area contributed by atoms with Gasteiger partial charge in [0.1, 0.15) is 5.82 Å². The smallest absolute Gasteiger partial charge is 0.225 e. The summed E-state index contributed by atoms with van der Waals surface area (Å²) >= 11 is 0. The molecule has 0 spiro atoms. The molecule has 0 radical (unpaired) electrons. The van der Waals surface area contributed by atoms with E-state index >= 15 is 0 Å². The van der Waals surface area contributed by atoms with Gasteiger partial charge in [-0.05, 0) is 42.0 Å². The van der Waals surface area contributed by atoms with E-state index in [4.69, 9.17) is 10.3 Å². The van der Waals surface area contributed by atoms with Gasteiger partial charge in [-0.25, -0.2) is 4.39 Å². The van der Waals surface area contributed by atoms with Gasteiger partial charge >= 0.3 is 0 Å². The number of hydrogen-bond acceptors (Lipinski definition) is 3. The van der Waals surface area contributed by atoms with Crippen molar-refractivity contribution in [2.45, 2.75) is 24.7 Å². The zero-order valence-corrected chi connectivity index (χ0v) is 12.6. The zero-order valence-electron chi connectivity index (χ0n) is 12.6. The van der Waals surface area contributed by atoms with Gasteiger partial charge in [-0.3, -0.25) is 0 Å². The SMILES string of the molecule is Nc1onc2c1CCC(c1ccc(F)cc1)C2c1ccccc1. The Morgan fingerprint density at radius 3 is 2.48 bits per heavy atom. The second kappa shape index (κ2) is 5.54. The normalized spacial score (nSPS) is 20.2. The first kappa shape index (κ1) is 14.0. The first-order valence-electron chi connectivity index (χ1n) is 7.78. The van der Waals surface area contributed by atoms with E-state index in [9.17, 15) is 4.39 Å². The van der Waals surface area contributed by atoms with Crippen molar-refractivity contribution in [3.8, 4) is 0 Å². The van der Waals surface area contributed by atoms with Crippen LogP contribution in [0.15, 0.2) is 59.1 Å². The zero-order chi connectivity index (χ0) is 15.8. The van der Waals surface area contributed by atoms with Crippen LogP contribution < -0.4 is 5.73 Å². The third-order valence-corrected chi connectivity index (χ3v) is 4.71. The Morgan fingerprint density at radius 2 is 1.74 bits per heavy atom. The van der Waals surface area contributed by atoms with Crippen molar-refractivity contribution in [2.75, 3.05) is 5.73 Å². The molecular formula is C19H17FN2O. The Balaban J connectivity index is 1.84. The van der Waals surface area contributed by atoms with E-state index in [-0.39, 0.29) is 17.7 Å². The highest BCUT2D eigenvalue weighted by Crippen LogP contribution is 2.47. The van der Waals surface area contributed by atoms with Crippen LogP contribution in [0, 0.1) is 5.82 Å². The molecule has 0 saturated heterocycles. The van der Waals surface area contributed by atoms with E-state index < -0.39 is 0 Å².